The van der Waals surface area contributed by atoms with Crippen LogP contribution in [-0.4, -0.2) is 66.9 Å². The first kappa shape index (κ1) is 27.7. The highest BCUT2D eigenvalue weighted by atomic mass is 16.2. The summed E-state index contributed by atoms with van der Waals surface area (Å²) < 4.78 is 0. The number of rotatable bonds is 7. The molecule has 8 heteroatoms. The van der Waals surface area contributed by atoms with Crippen molar-refractivity contribution in [1.82, 2.24) is 9.80 Å². The highest BCUT2D eigenvalue weighted by molar-refractivity contribution is 6.06. The minimum absolute atomic E-state index is 0.0824. The lowest BCUT2D eigenvalue weighted by Gasteiger charge is -2.37. The van der Waals surface area contributed by atoms with Crippen LogP contribution in [0.5, 0.6) is 0 Å². The van der Waals surface area contributed by atoms with Gasteiger partial charge in [-0.15, -0.1) is 0 Å². The third-order valence-electron chi connectivity index (χ3n) is 7.06. The number of amides is 4. The maximum atomic E-state index is 13.5. The maximum Gasteiger partial charge on any atom is 0.321 e. The summed E-state index contributed by atoms with van der Waals surface area (Å²) >= 11 is 0. The van der Waals surface area contributed by atoms with Gasteiger partial charge in [-0.3, -0.25) is 9.59 Å². The normalized spacial score (nSPS) is 13.1. The van der Waals surface area contributed by atoms with Crippen LogP contribution in [0.1, 0.15) is 45.7 Å². The van der Waals surface area contributed by atoms with Crippen LogP contribution in [0.2, 0.25) is 0 Å². The van der Waals surface area contributed by atoms with E-state index in [-0.39, 0.29) is 17.8 Å². The van der Waals surface area contributed by atoms with Crippen molar-refractivity contribution < 1.29 is 14.4 Å². The second-order valence-corrected chi connectivity index (χ2v) is 9.80. The molecule has 1 fully saturated rings. The van der Waals surface area contributed by atoms with Gasteiger partial charge in [0.05, 0.1) is 5.56 Å². The molecule has 3 aromatic rings. The monoisotopic (exact) mass is 527 g/mol. The van der Waals surface area contributed by atoms with Crippen molar-refractivity contribution in [3.05, 3.63) is 89.0 Å². The van der Waals surface area contributed by atoms with Crippen molar-refractivity contribution in [2.75, 3.05) is 54.8 Å². The number of benzene rings is 3. The van der Waals surface area contributed by atoms with Gasteiger partial charge in [0.25, 0.3) is 11.8 Å². The van der Waals surface area contributed by atoms with Gasteiger partial charge in [-0.2, -0.15) is 0 Å². The molecule has 3 aromatic carbocycles. The zero-order chi connectivity index (χ0) is 27.9. The first-order chi connectivity index (χ1) is 18.8. The van der Waals surface area contributed by atoms with E-state index in [1.807, 2.05) is 76.2 Å². The van der Waals surface area contributed by atoms with E-state index in [0.29, 0.717) is 56.1 Å². The SMILES string of the molecule is CCN(CC)C(=O)c1cc(NC(=O)c2ccc(C)cc2)ccc1N1CCN(C(=O)Nc2ccc(C)cc2)CC1. The quantitative estimate of drug-likeness (QED) is 0.431. The zero-order valence-electron chi connectivity index (χ0n) is 23.2. The van der Waals surface area contributed by atoms with Gasteiger partial charge in [0.1, 0.15) is 0 Å². The molecule has 0 aromatic heterocycles. The summed E-state index contributed by atoms with van der Waals surface area (Å²) in [5.74, 6) is -0.307. The molecule has 204 valence electrons. The van der Waals surface area contributed by atoms with Crippen molar-refractivity contribution in [3.8, 4) is 0 Å². The largest absolute Gasteiger partial charge is 0.367 e. The molecule has 0 radical (unpaired) electrons. The summed E-state index contributed by atoms with van der Waals surface area (Å²) in [7, 11) is 0. The lowest BCUT2D eigenvalue weighted by Crippen LogP contribution is -2.50. The van der Waals surface area contributed by atoms with E-state index in [4.69, 9.17) is 0 Å². The third kappa shape index (κ3) is 6.76. The molecule has 39 heavy (non-hydrogen) atoms. The highest BCUT2D eigenvalue weighted by Crippen LogP contribution is 2.28. The number of urea groups is 1. The summed E-state index contributed by atoms with van der Waals surface area (Å²) in [6.07, 6.45) is 0. The summed E-state index contributed by atoms with van der Waals surface area (Å²) in [5, 5.41) is 5.90. The molecule has 1 saturated heterocycles. The first-order valence-electron chi connectivity index (χ1n) is 13.5. The van der Waals surface area contributed by atoms with E-state index in [1.54, 1.807) is 28.0 Å². The minimum Gasteiger partial charge on any atom is -0.367 e. The molecule has 2 N–H and O–H groups in total. The number of anilines is 3. The second kappa shape index (κ2) is 12.5. The molecule has 4 rings (SSSR count). The first-order valence-corrected chi connectivity index (χ1v) is 13.5. The Labute approximate surface area is 230 Å². The fourth-order valence-electron chi connectivity index (χ4n) is 4.64. The molecule has 8 nitrogen and oxygen atoms in total. The van der Waals surface area contributed by atoms with Gasteiger partial charge in [0.15, 0.2) is 0 Å². The Morgan fingerprint density at radius 2 is 1.31 bits per heavy atom. The van der Waals surface area contributed by atoms with E-state index in [1.165, 1.54) is 0 Å². The van der Waals surface area contributed by atoms with Crippen LogP contribution in [0.4, 0.5) is 21.9 Å². The number of hydrogen-bond donors (Lipinski definition) is 2. The number of carbonyl (C=O) groups is 3. The fourth-order valence-corrected chi connectivity index (χ4v) is 4.64. The zero-order valence-corrected chi connectivity index (χ0v) is 23.2. The molecule has 1 aliphatic heterocycles. The van der Waals surface area contributed by atoms with Gasteiger partial charge in [-0.25, -0.2) is 4.79 Å². The van der Waals surface area contributed by atoms with Gasteiger partial charge in [0.2, 0.25) is 0 Å². The van der Waals surface area contributed by atoms with Crippen molar-refractivity contribution in [2.45, 2.75) is 27.7 Å². The number of nitrogens with zero attached hydrogens (tertiary/aromatic N) is 3. The molecular formula is C31H37N5O3. The Morgan fingerprint density at radius 1 is 0.744 bits per heavy atom. The predicted molar refractivity (Wildman–Crippen MR) is 157 cm³/mol. The Hall–Kier alpha value is -4.33. The van der Waals surface area contributed by atoms with Gasteiger partial charge in [-0.1, -0.05) is 35.4 Å². The van der Waals surface area contributed by atoms with E-state index >= 15 is 0 Å². The molecule has 0 aliphatic carbocycles. The van der Waals surface area contributed by atoms with E-state index in [9.17, 15) is 14.4 Å². The average Bonchev–Trinajstić information content (AvgIpc) is 2.95. The smallest absolute Gasteiger partial charge is 0.321 e. The molecule has 1 aliphatic rings. The molecular weight excluding hydrogens is 490 g/mol. The standard InChI is InChI=1S/C31H37N5O3/c1-5-34(6-2)30(38)27-21-26(32-29(37)24-11-7-22(3)8-12-24)15-16-28(27)35-17-19-36(20-18-35)31(39)33-25-13-9-23(4)10-14-25/h7-16,21H,5-6,17-20H2,1-4H3,(H,32,37)(H,33,39). The summed E-state index contributed by atoms with van der Waals surface area (Å²) in [6, 6.07) is 20.4. The van der Waals surface area contributed by atoms with Gasteiger partial charge < -0.3 is 25.3 Å². The second-order valence-electron chi connectivity index (χ2n) is 9.80. The molecule has 0 unspecified atom stereocenters. The van der Waals surface area contributed by atoms with Crippen LogP contribution in [0.3, 0.4) is 0 Å². The van der Waals surface area contributed by atoms with E-state index in [2.05, 4.69) is 15.5 Å². The highest BCUT2D eigenvalue weighted by Gasteiger charge is 2.26. The number of hydrogen-bond acceptors (Lipinski definition) is 4. The molecule has 0 spiro atoms. The molecule has 4 amide bonds. The maximum absolute atomic E-state index is 13.5. The van der Waals surface area contributed by atoms with Gasteiger partial charge in [-0.05, 0) is 70.2 Å². The number of piperazine rings is 1. The fraction of sp³-hybridized carbons (Fsp3) is 0.323. The summed E-state index contributed by atoms with van der Waals surface area (Å²) in [5.41, 5.74) is 5.45. The van der Waals surface area contributed by atoms with Crippen LogP contribution >= 0.6 is 0 Å². The van der Waals surface area contributed by atoms with Crippen LogP contribution < -0.4 is 15.5 Å². The Bertz CT molecular complexity index is 1310. The topological polar surface area (TPSA) is 85.0 Å². The van der Waals surface area contributed by atoms with E-state index < -0.39 is 0 Å². The third-order valence-corrected chi connectivity index (χ3v) is 7.06. The molecule has 0 atom stereocenters. The number of carbonyl (C=O) groups excluding carboxylic acids is 3. The number of aryl methyl sites for hydroxylation is 2. The van der Waals surface area contributed by atoms with Crippen LogP contribution in [0.25, 0.3) is 0 Å². The lowest BCUT2D eigenvalue weighted by atomic mass is 10.1. The Kier molecular flexibility index (Phi) is 8.86. The van der Waals surface area contributed by atoms with Crippen LogP contribution in [0.15, 0.2) is 66.7 Å². The van der Waals surface area contributed by atoms with Crippen molar-refractivity contribution in [1.29, 1.82) is 0 Å². The Balaban J connectivity index is 1.50. The predicted octanol–water partition coefficient (Wildman–Crippen LogP) is 5.39. The summed E-state index contributed by atoms with van der Waals surface area (Å²) in [6.45, 7) is 11.3. The van der Waals surface area contributed by atoms with Crippen LogP contribution in [0, 0.1) is 13.8 Å². The van der Waals surface area contributed by atoms with Crippen LogP contribution in [-0.2, 0) is 0 Å². The minimum atomic E-state index is -0.225. The van der Waals surface area contributed by atoms with Crippen molar-refractivity contribution in [2.24, 2.45) is 0 Å². The van der Waals surface area contributed by atoms with Gasteiger partial charge in [0, 0.05) is 61.9 Å². The Morgan fingerprint density at radius 3 is 1.90 bits per heavy atom. The molecule has 0 bridgehead atoms. The lowest BCUT2D eigenvalue weighted by molar-refractivity contribution is 0.0773. The van der Waals surface area contributed by atoms with E-state index in [0.717, 1.165) is 22.5 Å². The summed E-state index contributed by atoms with van der Waals surface area (Å²) in [4.78, 5) is 44.9. The molecule has 1 heterocycles. The number of nitrogens with one attached hydrogen (secondary N) is 2. The van der Waals surface area contributed by atoms with Gasteiger partial charge >= 0.3 is 6.03 Å². The van der Waals surface area contributed by atoms with Crippen molar-refractivity contribution >= 4 is 34.9 Å². The average molecular weight is 528 g/mol. The van der Waals surface area contributed by atoms with Crippen molar-refractivity contribution in [3.63, 3.8) is 0 Å². The molecule has 0 saturated carbocycles.